The van der Waals surface area contributed by atoms with Crippen LogP contribution in [0, 0.1) is 5.41 Å². The molecule has 2 heterocycles. The van der Waals surface area contributed by atoms with Crippen LogP contribution in [-0.4, -0.2) is 43.1 Å². The molecule has 6 N–H and O–H groups in total. The Kier molecular flexibility index (Phi) is 5.95. The van der Waals surface area contributed by atoms with E-state index in [-0.39, 0.29) is 23.5 Å². The number of carbonyl (C=O) groups excluding carboxylic acids is 1. The highest BCUT2D eigenvalue weighted by Gasteiger charge is 2.34. The number of phenols is 1. The Balaban J connectivity index is 1.80. The number of nitrogens with two attached hydrogens (primary N) is 1. The van der Waals surface area contributed by atoms with E-state index in [1.807, 2.05) is 0 Å². The first-order valence-electron chi connectivity index (χ1n) is 8.58. The van der Waals surface area contributed by atoms with Crippen LogP contribution in [0.4, 0.5) is 13.2 Å². The highest BCUT2D eigenvalue weighted by molar-refractivity contribution is 6.39. The smallest absolute Gasteiger partial charge is 0.419 e. The highest BCUT2D eigenvalue weighted by atomic mass is 19.4. The van der Waals surface area contributed by atoms with Crippen LogP contribution in [0.3, 0.4) is 0 Å². The fourth-order valence-corrected chi connectivity index (χ4v) is 2.51. The third-order valence-electron chi connectivity index (χ3n) is 4.01. The van der Waals surface area contributed by atoms with Gasteiger partial charge in [0.1, 0.15) is 11.4 Å². The van der Waals surface area contributed by atoms with Crippen molar-refractivity contribution in [2.75, 3.05) is 0 Å². The number of H-pyrrole nitrogens is 1. The first kappa shape index (κ1) is 21.4. The number of hydrogen-bond donors (Lipinski definition) is 5. The molecule has 1 amide bonds. The number of halogens is 3. The summed E-state index contributed by atoms with van der Waals surface area (Å²) in [6.07, 6.45) is -1.70. The number of amidine groups is 2. The highest BCUT2D eigenvalue weighted by Crippen LogP contribution is 2.38. The topological polar surface area (TPSA) is 166 Å². The minimum Gasteiger partial charge on any atom is -0.507 e. The zero-order chi connectivity index (χ0) is 22.6. The summed E-state index contributed by atoms with van der Waals surface area (Å²) in [4.78, 5) is 19.6. The number of aromatic hydroxyl groups is 1. The summed E-state index contributed by atoms with van der Waals surface area (Å²) in [6.45, 7) is 0.147. The molecule has 0 aliphatic carbocycles. The molecule has 0 saturated heterocycles. The van der Waals surface area contributed by atoms with Crippen LogP contribution in [0.15, 0.2) is 47.7 Å². The van der Waals surface area contributed by atoms with Crippen LogP contribution in [0.25, 0.3) is 11.3 Å². The Morgan fingerprint density at radius 2 is 1.94 bits per heavy atom. The second-order valence-electron chi connectivity index (χ2n) is 6.13. The maximum absolute atomic E-state index is 13.1. The summed E-state index contributed by atoms with van der Waals surface area (Å²) in [5.41, 5.74) is 4.67. The van der Waals surface area contributed by atoms with E-state index in [0.29, 0.717) is 6.07 Å². The summed E-state index contributed by atoms with van der Waals surface area (Å²) in [6, 6.07) is 6.06. The number of aromatic nitrogens is 4. The van der Waals surface area contributed by atoms with E-state index in [4.69, 9.17) is 11.1 Å². The predicted molar refractivity (Wildman–Crippen MR) is 103 cm³/mol. The number of aromatic amines is 1. The third kappa shape index (κ3) is 5.01. The largest absolute Gasteiger partial charge is 0.507 e. The van der Waals surface area contributed by atoms with E-state index in [1.54, 1.807) is 24.5 Å². The van der Waals surface area contributed by atoms with Gasteiger partial charge in [0.05, 0.1) is 5.56 Å². The molecule has 0 unspecified atom stereocenters. The molecule has 0 aliphatic heterocycles. The summed E-state index contributed by atoms with van der Waals surface area (Å²) < 4.78 is 39.2. The van der Waals surface area contributed by atoms with Gasteiger partial charge in [0.2, 0.25) is 0 Å². The molecule has 0 fully saturated rings. The van der Waals surface area contributed by atoms with Crippen molar-refractivity contribution in [3.05, 3.63) is 59.5 Å². The van der Waals surface area contributed by atoms with Crippen molar-refractivity contribution >= 4 is 17.6 Å². The number of rotatable bonds is 4. The maximum atomic E-state index is 13.1. The molecule has 0 spiro atoms. The van der Waals surface area contributed by atoms with Gasteiger partial charge in [0.15, 0.2) is 17.4 Å². The van der Waals surface area contributed by atoms with Gasteiger partial charge in [-0.1, -0.05) is 0 Å². The van der Waals surface area contributed by atoms with Gasteiger partial charge in [-0.05, 0) is 35.9 Å². The lowest BCUT2D eigenvalue weighted by atomic mass is 10.0. The Labute approximate surface area is 172 Å². The number of nitrogens with zero attached hydrogens (tertiary/aromatic N) is 4. The SMILES string of the molecule is N=C(N=C(N)C(=O)NCc1ccncc1)c1n[nH]nc1-c1ccc(O)c(C(F)(F)F)c1. The Hall–Kier alpha value is -4.29. The lowest BCUT2D eigenvalue weighted by molar-refractivity contribution is -0.138. The van der Waals surface area contributed by atoms with Crippen molar-refractivity contribution in [3.8, 4) is 17.0 Å². The molecule has 13 heteroatoms. The normalized spacial score (nSPS) is 11.9. The summed E-state index contributed by atoms with van der Waals surface area (Å²) in [7, 11) is 0. The zero-order valence-corrected chi connectivity index (χ0v) is 15.6. The molecule has 1 aromatic carbocycles. The van der Waals surface area contributed by atoms with Crippen molar-refractivity contribution in [3.63, 3.8) is 0 Å². The summed E-state index contributed by atoms with van der Waals surface area (Å²) in [5, 5.41) is 29.7. The van der Waals surface area contributed by atoms with Crippen molar-refractivity contribution in [2.24, 2.45) is 10.7 Å². The quantitative estimate of drug-likeness (QED) is 0.310. The molecule has 0 radical (unpaired) electrons. The van der Waals surface area contributed by atoms with Crippen molar-refractivity contribution < 1.29 is 23.1 Å². The molecule has 2 aromatic heterocycles. The van der Waals surface area contributed by atoms with Crippen LogP contribution in [0.2, 0.25) is 0 Å². The summed E-state index contributed by atoms with van der Waals surface area (Å²) >= 11 is 0. The van der Waals surface area contributed by atoms with Gasteiger partial charge < -0.3 is 16.2 Å². The van der Waals surface area contributed by atoms with Crippen molar-refractivity contribution in [1.82, 2.24) is 25.7 Å². The van der Waals surface area contributed by atoms with Crippen molar-refractivity contribution in [1.29, 1.82) is 5.41 Å². The maximum Gasteiger partial charge on any atom is 0.419 e. The molecular formula is C18H15F3N8O2. The number of phenolic OH excluding ortho intramolecular Hbond substituents is 1. The monoisotopic (exact) mass is 432 g/mol. The number of benzene rings is 1. The van der Waals surface area contributed by atoms with Gasteiger partial charge in [-0.2, -0.15) is 28.6 Å². The molecule has 31 heavy (non-hydrogen) atoms. The van der Waals surface area contributed by atoms with Gasteiger partial charge in [0, 0.05) is 24.5 Å². The lowest BCUT2D eigenvalue weighted by Crippen LogP contribution is -2.36. The molecule has 0 aliphatic rings. The molecular weight excluding hydrogens is 417 g/mol. The minimum atomic E-state index is -4.80. The number of pyridine rings is 1. The Bertz CT molecular complexity index is 1140. The van der Waals surface area contributed by atoms with E-state index in [0.717, 1.165) is 11.6 Å². The first-order chi connectivity index (χ1) is 14.7. The standard InChI is InChI=1S/C18H15F3N8O2/c19-18(20,21)11-7-10(1-2-12(11)30)13-14(28-29-27-13)15(22)26-16(23)17(31)25-8-9-3-5-24-6-4-9/h1-7,30H,8H2,(H,25,31)(H3,22,23,26)(H,27,28,29). The zero-order valence-electron chi connectivity index (χ0n) is 15.6. The molecule has 0 bridgehead atoms. The van der Waals surface area contributed by atoms with Crippen LogP contribution in [-0.2, 0) is 17.5 Å². The molecule has 0 saturated carbocycles. The number of carbonyl (C=O) groups is 1. The van der Waals surface area contributed by atoms with Gasteiger partial charge in [0.25, 0.3) is 5.91 Å². The van der Waals surface area contributed by atoms with Crippen LogP contribution in [0.5, 0.6) is 5.75 Å². The second kappa shape index (κ2) is 8.61. The fraction of sp³-hybridized carbons (Fsp3) is 0.111. The van der Waals surface area contributed by atoms with Gasteiger partial charge >= 0.3 is 6.18 Å². The molecule has 160 valence electrons. The van der Waals surface area contributed by atoms with E-state index in [2.05, 4.69) is 30.7 Å². The van der Waals surface area contributed by atoms with Gasteiger partial charge in [-0.25, -0.2) is 4.99 Å². The molecule has 10 nitrogen and oxygen atoms in total. The van der Waals surface area contributed by atoms with Crippen molar-refractivity contribution in [2.45, 2.75) is 12.7 Å². The number of alkyl halides is 3. The predicted octanol–water partition coefficient (Wildman–Crippen LogP) is 1.59. The number of aliphatic imine (C=N–C) groups is 1. The number of hydrogen-bond acceptors (Lipinski definition) is 6. The Morgan fingerprint density at radius 1 is 1.23 bits per heavy atom. The van der Waals surface area contributed by atoms with E-state index in [1.165, 1.54) is 6.07 Å². The fourth-order valence-electron chi connectivity index (χ4n) is 2.51. The molecule has 3 rings (SSSR count). The van der Waals surface area contributed by atoms with Crippen LogP contribution in [0.1, 0.15) is 16.8 Å². The van der Waals surface area contributed by atoms with Gasteiger partial charge in [-0.15, -0.1) is 0 Å². The average Bonchev–Trinajstić information content (AvgIpc) is 3.22. The number of amides is 1. The lowest BCUT2D eigenvalue weighted by Gasteiger charge is -2.10. The average molecular weight is 432 g/mol. The van der Waals surface area contributed by atoms with Gasteiger partial charge in [-0.3, -0.25) is 15.2 Å². The second-order valence-corrected chi connectivity index (χ2v) is 6.13. The van der Waals surface area contributed by atoms with Crippen LogP contribution >= 0.6 is 0 Å². The Morgan fingerprint density at radius 3 is 2.61 bits per heavy atom. The minimum absolute atomic E-state index is 0.0745. The van der Waals surface area contributed by atoms with Crippen LogP contribution < -0.4 is 11.1 Å². The number of nitrogens with one attached hydrogen (secondary N) is 3. The first-order valence-corrected chi connectivity index (χ1v) is 8.58. The van der Waals surface area contributed by atoms with E-state index < -0.39 is 35.1 Å². The third-order valence-corrected chi connectivity index (χ3v) is 4.01. The molecule has 3 aromatic rings. The summed E-state index contributed by atoms with van der Waals surface area (Å²) in [5.74, 6) is -2.85. The van der Waals surface area contributed by atoms with E-state index >= 15 is 0 Å². The molecule has 0 atom stereocenters. The van der Waals surface area contributed by atoms with E-state index in [9.17, 15) is 23.1 Å².